The highest BCUT2D eigenvalue weighted by Gasteiger charge is 2.38. The van der Waals surface area contributed by atoms with Crippen molar-refractivity contribution in [3.8, 4) is 0 Å². The maximum Gasteiger partial charge on any atom is 0.0505 e. The molecule has 0 bridgehead atoms. The van der Waals surface area contributed by atoms with Crippen LogP contribution in [0, 0.1) is 11.8 Å². The van der Waals surface area contributed by atoms with Crippen molar-refractivity contribution in [2.75, 3.05) is 13.7 Å². The van der Waals surface area contributed by atoms with Crippen molar-refractivity contribution in [2.24, 2.45) is 17.6 Å². The van der Waals surface area contributed by atoms with Crippen LogP contribution >= 0.6 is 0 Å². The Balaban J connectivity index is 2.59. The molecule has 0 aromatic rings. The molecule has 0 radical (unpaired) electrons. The molecule has 2 N–H and O–H groups in total. The number of ether oxygens (including phenoxy) is 1. The third-order valence-corrected chi connectivity index (χ3v) is 3.75. The predicted molar refractivity (Wildman–Crippen MR) is 55.6 cm³/mol. The van der Waals surface area contributed by atoms with Crippen LogP contribution in [0.15, 0.2) is 0 Å². The molecule has 3 unspecified atom stereocenters. The molecule has 0 saturated heterocycles. The molecule has 2 nitrogen and oxygen atoms in total. The SMILES string of the molecule is COCC(C)C1(N)CCCCC1C. The van der Waals surface area contributed by atoms with Crippen LogP contribution < -0.4 is 5.73 Å². The Morgan fingerprint density at radius 3 is 2.77 bits per heavy atom. The van der Waals surface area contributed by atoms with Gasteiger partial charge in [0.2, 0.25) is 0 Å². The Morgan fingerprint density at radius 1 is 1.54 bits per heavy atom. The fourth-order valence-electron chi connectivity index (χ4n) is 2.53. The van der Waals surface area contributed by atoms with E-state index in [1.54, 1.807) is 7.11 Å². The molecule has 0 aromatic heterocycles. The second-order valence-corrected chi connectivity index (χ2v) is 4.62. The van der Waals surface area contributed by atoms with Crippen molar-refractivity contribution in [1.82, 2.24) is 0 Å². The molecular weight excluding hydrogens is 162 g/mol. The Bertz CT molecular complexity index is 160. The third kappa shape index (κ3) is 2.23. The van der Waals surface area contributed by atoms with E-state index in [1.165, 1.54) is 25.7 Å². The van der Waals surface area contributed by atoms with Gasteiger partial charge in [0.05, 0.1) is 6.61 Å². The topological polar surface area (TPSA) is 35.2 Å². The highest BCUT2D eigenvalue weighted by Crippen LogP contribution is 2.36. The molecule has 1 aliphatic carbocycles. The number of nitrogens with two attached hydrogens (primary N) is 1. The zero-order valence-corrected chi connectivity index (χ0v) is 9.18. The minimum absolute atomic E-state index is 0.0221. The number of hydrogen-bond donors (Lipinski definition) is 1. The van der Waals surface area contributed by atoms with Crippen molar-refractivity contribution >= 4 is 0 Å². The van der Waals surface area contributed by atoms with Crippen LogP contribution in [0.2, 0.25) is 0 Å². The van der Waals surface area contributed by atoms with Gasteiger partial charge < -0.3 is 10.5 Å². The normalized spacial score (nSPS) is 37.4. The summed E-state index contributed by atoms with van der Waals surface area (Å²) in [5.74, 6) is 1.12. The van der Waals surface area contributed by atoms with E-state index in [-0.39, 0.29) is 5.54 Å². The van der Waals surface area contributed by atoms with E-state index < -0.39 is 0 Å². The summed E-state index contributed by atoms with van der Waals surface area (Å²) in [6.45, 7) is 5.29. The third-order valence-electron chi connectivity index (χ3n) is 3.75. The van der Waals surface area contributed by atoms with E-state index in [2.05, 4.69) is 13.8 Å². The lowest BCUT2D eigenvalue weighted by molar-refractivity contribution is 0.0655. The lowest BCUT2D eigenvalue weighted by Gasteiger charge is -2.44. The summed E-state index contributed by atoms with van der Waals surface area (Å²) in [4.78, 5) is 0. The Morgan fingerprint density at radius 2 is 2.23 bits per heavy atom. The van der Waals surface area contributed by atoms with Gasteiger partial charge in [0, 0.05) is 12.6 Å². The van der Waals surface area contributed by atoms with Crippen LogP contribution in [0.25, 0.3) is 0 Å². The van der Waals surface area contributed by atoms with E-state index in [0.717, 1.165) is 6.61 Å². The van der Waals surface area contributed by atoms with Crippen molar-refractivity contribution in [3.63, 3.8) is 0 Å². The van der Waals surface area contributed by atoms with E-state index >= 15 is 0 Å². The first-order chi connectivity index (χ1) is 6.11. The van der Waals surface area contributed by atoms with Gasteiger partial charge in [-0.05, 0) is 24.7 Å². The van der Waals surface area contributed by atoms with Crippen molar-refractivity contribution < 1.29 is 4.74 Å². The van der Waals surface area contributed by atoms with Gasteiger partial charge >= 0.3 is 0 Å². The zero-order valence-electron chi connectivity index (χ0n) is 9.18. The molecule has 0 heterocycles. The van der Waals surface area contributed by atoms with E-state index in [1.807, 2.05) is 0 Å². The zero-order chi connectivity index (χ0) is 9.90. The molecule has 3 atom stereocenters. The monoisotopic (exact) mass is 185 g/mol. The van der Waals surface area contributed by atoms with Crippen LogP contribution in [0.3, 0.4) is 0 Å². The largest absolute Gasteiger partial charge is 0.384 e. The first kappa shape index (κ1) is 11.0. The molecule has 13 heavy (non-hydrogen) atoms. The summed E-state index contributed by atoms with van der Waals surface area (Å²) >= 11 is 0. The van der Waals surface area contributed by atoms with Crippen molar-refractivity contribution in [2.45, 2.75) is 45.1 Å². The Hall–Kier alpha value is -0.0800. The standard InChI is InChI=1S/C11H23NO/c1-9-6-4-5-7-11(9,12)10(2)8-13-3/h9-10H,4-8,12H2,1-3H3. The minimum Gasteiger partial charge on any atom is -0.384 e. The van der Waals surface area contributed by atoms with Gasteiger partial charge in [-0.1, -0.05) is 26.7 Å². The van der Waals surface area contributed by atoms with E-state index in [0.29, 0.717) is 11.8 Å². The second-order valence-electron chi connectivity index (χ2n) is 4.62. The summed E-state index contributed by atoms with van der Waals surface area (Å²) in [6.07, 6.45) is 5.08. The maximum atomic E-state index is 6.45. The molecule has 2 heteroatoms. The van der Waals surface area contributed by atoms with Gasteiger partial charge in [-0.3, -0.25) is 0 Å². The van der Waals surface area contributed by atoms with Gasteiger partial charge in [-0.2, -0.15) is 0 Å². The molecule has 0 aromatic carbocycles. The van der Waals surface area contributed by atoms with E-state index in [9.17, 15) is 0 Å². The second kappa shape index (κ2) is 4.43. The van der Waals surface area contributed by atoms with Crippen LogP contribution in [-0.2, 0) is 4.74 Å². The highest BCUT2D eigenvalue weighted by molar-refractivity contribution is 4.96. The first-order valence-corrected chi connectivity index (χ1v) is 5.39. The Kier molecular flexibility index (Phi) is 3.74. The van der Waals surface area contributed by atoms with E-state index in [4.69, 9.17) is 10.5 Å². The summed E-state index contributed by atoms with van der Waals surface area (Å²) in [5.41, 5.74) is 6.47. The fraction of sp³-hybridized carbons (Fsp3) is 1.00. The molecule has 1 aliphatic rings. The molecule has 1 saturated carbocycles. The Labute approximate surface area is 81.8 Å². The molecule has 1 rings (SSSR count). The van der Waals surface area contributed by atoms with Crippen LogP contribution in [0.5, 0.6) is 0 Å². The average molecular weight is 185 g/mol. The maximum absolute atomic E-state index is 6.45. The van der Waals surface area contributed by atoms with Gasteiger partial charge in [0.25, 0.3) is 0 Å². The summed E-state index contributed by atoms with van der Waals surface area (Å²) in [5, 5.41) is 0. The first-order valence-electron chi connectivity index (χ1n) is 5.39. The van der Waals surface area contributed by atoms with Crippen LogP contribution in [0.4, 0.5) is 0 Å². The molecule has 0 spiro atoms. The number of rotatable bonds is 3. The summed E-state index contributed by atoms with van der Waals surface area (Å²) in [7, 11) is 1.76. The quantitative estimate of drug-likeness (QED) is 0.731. The molecule has 0 amide bonds. The molecular formula is C11H23NO. The van der Waals surface area contributed by atoms with Crippen LogP contribution in [-0.4, -0.2) is 19.3 Å². The highest BCUT2D eigenvalue weighted by atomic mass is 16.5. The average Bonchev–Trinajstić information content (AvgIpc) is 2.11. The van der Waals surface area contributed by atoms with Gasteiger partial charge in [0.1, 0.15) is 0 Å². The van der Waals surface area contributed by atoms with Gasteiger partial charge in [-0.15, -0.1) is 0 Å². The van der Waals surface area contributed by atoms with Crippen molar-refractivity contribution in [3.05, 3.63) is 0 Å². The summed E-state index contributed by atoms with van der Waals surface area (Å²) in [6, 6.07) is 0. The van der Waals surface area contributed by atoms with Gasteiger partial charge in [0.15, 0.2) is 0 Å². The number of hydrogen-bond acceptors (Lipinski definition) is 2. The van der Waals surface area contributed by atoms with Crippen molar-refractivity contribution in [1.29, 1.82) is 0 Å². The fourth-order valence-corrected chi connectivity index (χ4v) is 2.53. The minimum atomic E-state index is 0.0221. The molecule has 1 fully saturated rings. The smallest absolute Gasteiger partial charge is 0.0505 e. The lowest BCUT2D eigenvalue weighted by atomic mass is 9.68. The molecule has 0 aliphatic heterocycles. The summed E-state index contributed by atoms with van der Waals surface area (Å²) < 4.78 is 5.19. The lowest BCUT2D eigenvalue weighted by Crippen LogP contribution is -2.54. The van der Waals surface area contributed by atoms with Gasteiger partial charge in [-0.25, -0.2) is 0 Å². The predicted octanol–water partition coefficient (Wildman–Crippen LogP) is 2.18. The molecule has 78 valence electrons. The van der Waals surface area contributed by atoms with Crippen LogP contribution in [0.1, 0.15) is 39.5 Å². The number of methoxy groups -OCH3 is 1.